The van der Waals surface area contributed by atoms with Gasteiger partial charge in [0.15, 0.2) is 5.16 Å². The molecule has 176 valence electrons. The molecule has 1 amide bonds. The van der Waals surface area contributed by atoms with Crippen LogP contribution in [0.1, 0.15) is 12.1 Å². The van der Waals surface area contributed by atoms with Gasteiger partial charge in [0, 0.05) is 19.3 Å². The minimum Gasteiger partial charge on any atom is -0.495 e. The first-order chi connectivity index (χ1) is 16.5. The van der Waals surface area contributed by atoms with Crippen molar-refractivity contribution in [2.75, 3.05) is 18.2 Å². The zero-order valence-electron chi connectivity index (χ0n) is 18.8. The highest BCUT2D eigenvalue weighted by molar-refractivity contribution is 7.99. The van der Waals surface area contributed by atoms with Gasteiger partial charge in [-0.05, 0) is 37.6 Å². The van der Waals surface area contributed by atoms with E-state index in [1.165, 1.54) is 11.8 Å². The molecule has 1 N–H and O–H groups in total. The SMILES string of the molecule is COc1ccccc1NC(=O)CSc1nc2ccccc2c(=O)n1CCCn1cc(Cl)c(C)n1. The zero-order chi connectivity index (χ0) is 24.1. The number of hydrogen-bond donors (Lipinski definition) is 1. The Morgan fingerprint density at radius 2 is 1.91 bits per heavy atom. The highest BCUT2D eigenvalue weighted by Crippen LogP contribution is 2.24. The number of nitrogens with one attached hydrogen (secondary N) is 1. The molecule has 0 bridgehead atoms. The van der Waals surface area contributed by atoms with Gasteiger partial charge in [0.25, 0.3) is 5.56 Å². The van der Waals surface area contributed by atoms with Crippen LogP contribution < -0.4 is 15.6 Å². The third-order valence-corrected chi connectivity index (χ3v) is 6.54. The average Bonchev–Trinajstić information content (AvgIpc) is 3.16. The number of amides is 1. The summed E-state index contributed by atoms with van der Waals surface area (Å²) in [5, 5.41) is 8.87. The first-order valence-corrected chi connectivity index (χ1v) is 12.1. The van der Waals surface area contributed by atoms with Gasteiger partial charge in [0.1, 0.15) is 5.75 Å². The van der Waals surface area contributed by atoms with Crippen LogP contribution in [0.25, 0.3) is 10.9 Å². The fraction of sp³-hybridized carbons (Fsp3) is 0.250. The minimum absolute atomic E-state index is 0.0940. The van der Waals surface area contributed by atoms with Crippen molar-refractivity contribution >= 4 is 45.9 Å². The van der Waals surface area contributed by atoms with Crippen LogP contribution in [-0.2, 0) is 17.9 Å². The molecule has 34 heavy (non-hydrogen) atoms. The van der Waals surface area contributed by atoms with Gasteiger partial charge in [-0.2, -0.15) is 5.10 Å². The summed E-state index contributed by atoms with van der Waals surface area (Å²) >= 11 is 7.32. The lowest BCUT2D eigenvalue weighted by molar-refractivity contribution is -0.113. The molecule has 8 nitrogen and oxygen atoms in total. The molecule has 10 heteroatoms. The normalized spacial score (nSPS) is 11.0. The molecule has 0 aliphatic carbocycles. The summed E-state index contributed by atoms with van der Waals surface area (Å²) in [5.41, 5.74) is 1.83. The molecule has 0 fully saturated rings. The molecule has 0 saturated carbocycles. The minimum atomic E-state index is -0.217. The number of benzene rings is 2. The number of ether oxygens (including phenoxy) is 1. The predicted molar refractivity (Wildman–Crippen MR) is 135 cm³/mol. The topological polar surface area (TPSA) is 91.0 Å². The highest BCUT2D eigenvalue weighted by Gasteiger charge is 2.14. The maximum absolute atomic E-state index is 13.2. The third kappa shape index (κ3) is 5.43. The largest absolute Gasteiger partial charge is 0.495 e. The molecule has 0 atom stereocenters. The molecule has 2 heterocycles. The van der Waals surface area contributed by atoms with E-state index in [1.807, 2.05) is 31.2 Å². The number of carbonyl (C=O) groups is 1. The van der Waals surface area contributed by atoms with E-state index in [9.17, 15) is 9.59 Å². The van der Waals surface area contributed by atoms with Gasteiger partial charge < -0.3 is 10.1 Å². The first-order valence-electron chi connectivity index (χ1n) is 10.7. The molecule has 2 aromatic carbocycles. The van der Waals surface area contributed by atoms with E-state index in [0.29, 0.717) is 52.0 Å². The van der Waals surface area contributed by atoms with Crippen molar-refractivity contribution in [3.8, 4) is 5.75 Å². The van der Waals surface area contributed by atoms with Gasteiger partial charge in [-0.15, -0.1) is 0 Å². The number of nitrogens with zero attached hydrogens (tertiary/aromatic N) is 4. The van der Waals surface area contributed by atoms with Gasteiger partial charge >= 0.3 is 0 Å². The van der Waals surface area contributed by atoms with E-state index < -0.39 is 0 Å². The van der Waals surface area contributed by atoms with Crippen LogP contribution in [-0.4, -0.2) is 38.1 Å². The number of halogens is 1. The summed E-state index contributed by atoms with van der Waals surface area (Å²) < 4.78 is 8.68. The van der Waals surface area contributed by atoms with Gasteiger partial charge in [-0.25, -0.2) is 4.98 Å². The fourth-order valence-electron chi connectivity index (χ4n) is 3.52. The van der Waals surface area contributed by atoms with Crippen LogP contribution in [0.2, 0.25) is 5.02 Å². The Bertz CT molecular complexity index is 1370. The number of rotatable bonds is 9. The molecule has 0 unspecified atom stereocenters. The lowest BCUT2D eigenvalue weighted by Gasteiger charge is -2.14. The number of anilines is 1. The van der Waals surface area contributed by atoms with E-state index in [4.69, 9.17) is 16.3 Å². The maximum Gasteiger partial charge on any atom is 0.262 e. The Hall–Kier alpha value is -3.30. The summed E-state index contributed by atoms with van der Waals surface area (Å²) in [6.45, 7) is 2.89. The number of aryl methyl sites for hydroxylation is 2. The number of thioether (sulfide) groups is 1. The van der Waals surface area contributed by atoms with Crippen molar-refractivity contribution in [2.45, 2.75) is 31.6 Å². The molecule has 0 spiro atoms. The van der Waals surface area contributed by atoms with Crippen LogP contribution in [0.15, 0.2) is 64.7 Å². The van der Waals surface area contributed by atoms with E-state index in [-0.39, 0.29) is 17.2 Å². The predicted octanol–water partition coefficient (Wildman–Crippen LogP) is 4.38. The Kier molecular flexibility index (Phi) is 7.54. The molecule has 0 saturated heterocycles. The number of para-hydroxylation sites is 3. The summed E-state index contributed by atoms with van der Waals surface area (Å²) in [7, 11) is 1.55. The summed E-state index contributed by atoms with van der Waals surface area (Å²) in [4.78, 5) is 30.5. The van der Waals surface area contributed by atoms with Crippen molar-refractivity contribution in [3.63, 3.8) is 0 Å². The molecule has 0 radical (unpaired) electrons. The number of hydrogen-bond acceptors (Lipinski definition) is 6. The van der Waals surface area contributed by atoms with Crippen LogP contribution >= 0.6 is 23.4 Å². The smallest absolute Gasteiger partial charge is 0.262 e. The number of carbonyl (C=O) groups excluding carboxylic acids is 1. The second kappa shape index (κ2) is 10.8. The van der Waals surface area contributed by atoms with E-state index >= 15 is 0 Å². The van der Waals surface area contributed by atoms with Gasteiger partial charge in [-0.3, -0.25) is 18.8 Å². The van der Waals surface area contributed by atoms with Crippen molar-refractivity contribution in [1.82, 2.24) is 19.3 Å². The Morgan fingerprint density at radius 3 is 2.68 bits per heavy atom. The molecule has 2 aromatic heterocycles. The van der Waals surface area contributed by atoms with Crippen LogP contribution in [0.4, 0.5) is 5.69 Å². The van der Waals surface area contributed by atoms with Crippen molar-refractivity contribution in [1.29, 1.82) is 0 Å². The Morgan fingerprint density at radius 1 is 1.15 bits per heavy atom. The molecule has 0 aliphatic rings. The number of aromatic nitrogens is 4. The summed E-state index contributed by atoms with van der Waals surface area (Å²) in [5.74, 6) is 0.456. The van der Waals surface area contributed by atoms with Crippen LogP contribution in [0, 0.1) is 6.92 Å². The molecule has 4 rings (SSSR count). The molecule has 0 aliphatic heterocycles. The Balaban J connectivity index is 1.51. The molecular weight excluding hydrogens is 474 g/mol. The van der Waals surface area contributed by atoms with Crippen molar-refractivity contribution in [2.24, 2.45) is 0 Å². The van der Waals surface area contributed by atoms with E-state index in [2.05, 4.69) is 15.4 Å². The highest BCUT2D eigenvalue weighted by atomic mass is 35.5. The van der Waals surface area contributed by atoms with Crippen LogP contribution in [0.3, 0.4) is 0 Å². The number of fused-ring (bicyclic) bond motifs is 1. The quantitative estimate of drug-likeness (QED) is 0.272. The Labute approximate surface area is 205 Å². The molecular formula is C24H24ClN5O3S. The van der Waals surface area contributed by atoms with E-state index in [1.54, 1.807) is 46.8 Å². The zero-order valence-corrected chi connectivity index (χ0v) is 20.4. The van der Waals surface area contributed by atoms with E-state index in [0.717, 1.165) is 5.69 Å². The van der Waals surface area contributed by atoms with Crippen LogP contribution in [0.5, 0.6) is 5.75 Å². The summed E-state index contributed by atoms with van der Waals surface area (Å²) in [6, 6.07) is 14.4. The fourth-order valence-corrected chi connectivity index (χ4v) is 4.49. The monoisotopic (exact) mass is 497 g/mol. The molecule has 4 aromatic rings. The van der Waals surface area contributed by atoms with Crippen molar-refractivity contribution in [3.05, 3.63) is 75.8 Å². The van der Waals surface area contributed by atoms with Gasteiger partial charge in [0.2, 0.25) is 5.91 Å². The number of methoxy groups -OCH3 is 1. The lowest BCUT2D eigenvalue weighted by atomic mass is 10.2. The summed E-state index contributed by atoms with van der Waals surface area (Å²) in [6.07, 6.45) is 2.43. The second-order valence-electron chi connectivity index (χ2n) is 7.58. The third-order valence-electron chi connectivity index (χ3n) is 5.20. The lowest BCUT2D eigenvalue weighted by Crippen LogP contribution is -2.25. The second-order valence-corrected chi connectivity index (χ2v) is 8.93. The van der Waals surface area contributed by atoms with Gasteiger partial charge in [0.05, 0.1) is 40.2 Å². The van der Waals surface area contributed by atoms with Gasteiger partial charge in [-0.1, -0.05) is 47.6 Å². The maximum atomic E-state index is 13.2. The average molecular weight is 498 g/mol. The van der Waals surface area contributed by atoms with Crippen molar-refractivity contribution < 1.29 is 9.53 Å². The standard InChI is InChI=1S/C24H24ClN5O3S/c1-16-18(25)14-29(28-16)12-7-13-30-23(32)17-8-3-4-9-19(17)27-24(30)34-15-22(31)26-20-10-5-6-11-21(20)33-2/h3-6,8-11,14H,7,12-13,15H2,1-2H3,(H,26,31). The first kappa shape index (κ1) is 23.8.